The normalized spacial score (nSPS) is 15.8. The van der Waals surface area contributed by atoms with E-state index in [1.54, 1.807) is 12.1 Å². The zero-order valence-electron chi connectivity index (χ0n) is 13.9. The summed E-state index contributed by atoms with van der Waals surface area (Å²) in [7, 11) is 1.20. The molecule has 1 aliphatic heterocycles. The molecule has 2 amide bonds. The summed E-state index contributed by atoms with van der Waals surface area (Å²) in [6.07, 6.45) is 1.49. The van der Waals surface area contributed by atoms with Crippen LogP contribution in [0.4, 0.5) is 4.79 Å². The Morgan fingerprint density at radius 2 is 2.08 bits per heavy atom. The van der Waals surface area contributed by atoms with Crippen molar-refractivity contribution >= 4 is 50.9 Å². The molecule has 0 unspecified atom stereocenters. The summed E-state index contributed by atoms with van der Waals surface area (Å²) in [5.41, 5.74) is 2.00. The molecule has 134 valence electrons. The lowest BCUT2D eigenvalue weighted by Crippen LogP contribution is -2.34. The maximum absolute atomic E-state index is 12.3. The average molecular weight is 436 g/mol. The van der Waals surface area contributed by atoms with Gasteiger partial charge in [0, 0.05) is 16.1 Å². The second-order valence-electron chi connectivity index (χ2n) is 5.53. The minimum Gasteiger partial charge on any atom is -0.468 e. The van der Waals surface area contributed by atoms with E-state index in [1.165, 1.54) is 13.2 Å². The maximum atomic E-state index is 12.3. The Bertz CT molecular complexity index is 933. The largest absolute Gasteiger partial charge is 0.468 e. The van der Waals surface area contributed by atoms with Gasteiger partial charge in [0.1, 0.15) is 18.1 Å². The number of hydrogen-bond donors (Lipinski definition) is 0. The van der Waals surface area contributed by atoms with Crippen molar-refractivity contribution in [1.82, 2.24) is 4.90 Å². The van der Waals surface area contributed by atoms with Gasteiger partial charge in [0.15, 0.2) is 0 Å². The van der Waals surface area contributed by atoms with Gasteiger partial charge < -0.3 is 9.15 Å². The number of benzene rings is 1. The number of furan rings is 1. The molecular formula is C18H14BrNO5S. The lowest BCUT2D eigenvalue weighted by Gasteiger charge is -2.09. The highest BCUT2D eigenvalue weighted by Gasteiger charge is 2.36. The van der Waals surface area contributed by atoms with E-state index in [0.29, 0.717) is 11.5 Å². The van der Waals surface area contributed by atoms with Crippen LogP contribution in [0.5, 0.6) is 0 Å². The van der Waals surface area contributed by atoms with Gasteiger partial charge in [0.2, 0.25) is 0 Å². The first-order valence-electron chi connectivity index (χ1n) is 7.57. The van der Waals surface area contributed by atoms with Gasteiger partial charge in [-0.2, -0.15) is 0 Å². The van der Waals surface area contributed by atoms with Gasteiger partial charge in [-0.3, -0.25) is 19.3 Å². The first-order chi connectivity index (χ1) is 12.4. The van der Waals surface area contributed by atoms with Crippen LogP contribution in [-0.2, 0) is 14.3 Å². The zero-order chi connectivity index (χ0) is 18.8. The third-order valence-corrected chi connectivity index (χ3v) is 5.24. The molecule has 26 heavy (non-hydrogen) atoms. The molecule has 1 fully saturated rings. The fourth-order valence-corrected chi connectivity index (χ4v) is 3.86. The number of amides is 2. The van der Waals surface area contributed by atoms with Gasteiger partial charge in [-0.15, -0.1) is 0 Å². The average Bonchev–Trinajstić information content (AvgIpc) is 3.15. The van der Waals surface area contributed by atoms with E-state index >= 15 is 0 Å². The lowest BCUT2D eigenvalue weighted by atomic mass is 10.1. The van der Waals surface area contributed by atoms with E-state index in [0.717, 1.165) is 32.3 Å². The van der Waals surface area contributed by atoms with Gasteiger partial charge >= 0.3 is 5.97 Å². The topological polar surface area (TPSA) is 76.8 Å². The molecule has 2 aromatic rings. The molecule has 0 saturated carbocycles. The monoisotopic (exact) mass is 435 g/mol. The van der Waals surface area contributed by atoms with Crippen LogP contribution in [-0.4, -0.2) is 35.7 Å². The molecule has 3 rings (SSSR count). The van der Waals surface area contributed by atoms with Gasteiger partial charge in [0.05, 0.1) is 12.0 Å². The number of carbonyl (C=O) groups excluding carboxylic acids is 3. The number of aryl methyl sites for hydroxylation is 1. The zero-order valence-corrected chi connectivity index (χ0v) is 16.3. The lowest BCUT2D eigenvalue weighted by molar-refractivity contribution is -0.143. The Balaban J connectivity index is 1.83. The molecule has 0 bridgehead atoms. The smallest absolute Gasteiger partial charge is 0.325 e. The van der Waals surface area contributed by atoms with Crippen molar-refractivity contribution < 1.29 is 23.5 Å². The molecule has 1 aliphatic rings. The van der Waals surface area contributed by atoms with Crippen LogP contribution in [0.1, 0.15) is 11.3 Å². The fraction of sp³-hybridized carbons (Fsp3) is 0.167. The van der Waals surface area contributed by atoms with E-state index in [1.807, 2.05) is 25.1 Å². The molecule has 0 aliphatic carbocycles. The molecule has 1 saturated heterocycles. The molecule has 8 heteroatoms. The number of imide groups is 1. The van der Waals surface area contributed by atoms with E-state index in [9.17, 15) is 14.4 Å². The summed E-state index contributed by atoms with van der Waals surface area (Å²) in [5.74, 6) is -0.120. The van der Waals surface area contributed by atoms with Crippen molar-refractivity contribution in [3.8, 4) is 11.3 Å². The van der Waals surface area contributed by atoms with Crippen LogP contribution in [0, 0.1) is 6.92 Å². The van der Waals surface area contributed by atoms with Crippen LogP contribution in [0.25, 0.3) is 17.4 Å². The highest BCUT2D eigenvalue weighted by atomic mass is 79.9. The number of rotatable bonds is 4. The first kappa shape index (κ1) is 18.5. The van der Waals surface area contributed by atoms with Crippen LogP contribution in [0.15, 0.2) is 44.1 Å². The molecule has 1 aromatic heterocycles. The summed E-state index contributed by atoms with van der Waals surface area (Å²) < 4.78 is 11.2. The van der Waals surface area contributed by atoms with E-state index < -0.39 is 23.7 Å². The number of thioether (sulfide) groups is 1. The summed E-state index contributed by atoms with van der Waals surface area (Å²) >= 11 is 4.27. The predicted octanol–water partition coefficient (Wildman–Crippen LogP) is 4.23. The second-order valence-corrected chi connectivity index (χ2v) is 7.38. The summed E-state index contributed by atoms with van der Waals surface area (Å²) in [6.45, 7) is 1.59. The van der Waals surface area contributed by atoms with Crippen LogP contribution in [0.3, 0.4) is 0 Å². The van der Waals surface area contributed by atoms with Gasteiger partial charge in [0.25, 0.3) is 11.1 Å². The van der Waals surface area contributed by atoms with E-state index in [2.05, 4.69) is 20.7 Å². The van der Waals surface area contributed by atoms with Gasteiger partial charge in [-0.1, -0.05) is 22.0 Å². The molecule has 0 spiro atoms. The Morgan fingerprint density at radius 1 is 1.31 bits per heavy atom. The fourth-order valence-electron chi connectivity index (χ4n) is 2.35. The van der Waals surface area contributed by atoms with Crippen molar-refractivity contribution in [2.75, 3.05) is 13.7 Å². The number of hydrogen-bond acceptors (Lipinski definition) is 6. The Hall–Kier alpha value is -2.32. The molecule has 0 radical (unpaired) electrons. The molecule has 2 heterocycles. The maximum Gasteiger partial charge on any atom is 0.325 e. The second kappa shape index (κ2) is 7.51. The van der Waals surface area contributed by atoms with Gasteiger partial charge in [-0.05, 0) is 48.5 Å². The van der Waals surface area contributed by atoms with Crippen molar-refractivity contribution in [2.45, 2.75) is 6.92 Å². The number of methoxy groups -OCH3 is 1. The molecule has 1 aromatic carbocycles. The van der Waals surface area contributed by atoms with Crippen molar-refractivity contribution in [2.24, 2.45) is 0 Å². The van der Waals surface area contributed by atoms with Gasteiger partial charge in [-0.25, -0.2) is 0 Å². The summed E-state index contributed by atoms with van der Waals surface area (Å²) in [6, 6.07) is 9.40. The van der Waals surface area contributed by atoms with Crippen molar-refractivity contribution in [1.29, 1.82) is 0 Å². The number of carbonyl (C=O) groups is 3. The highest BCUT2D eigenvalue weighted by molar-refractivity contribution is 9.10. The van der Waals surface area contributed by atoms with Crippen molar-refractivity contribution in [3.63, 3.8) is 0 Å². The Labute approximate surface area is 162 Å². The summed E-state index contributed by atoms with van der Waals surface area (Å²) in [5, 5.41) is -0.514. The van der Waals surface area contributed by atoms with Crippen molar-refractivity contribution in [3.05, 3.63) is 51.0 Å². The molecular weight excluding hydrogens is 422 g/mol. The van der Waals surface area contributed by atoms with E-state index in [-0.39, 0.29) is 4.91 Å². The molecule has 6 nitrogen and oxygen atoms in total. The van der Waals surface area contributed by atoms with E-state index in [4.69, 9.17) is 4.42 Å². The minimum atomic E-state index is -0.655. The number of esters is 1. The standard InChI is InChI=1S/C18H14BrNO5S/c1-10-3-5-12(13(19)7-10)14-6-4-11(25-14)8-15-17(22)20(18(23)26-15)9-16(21)24-2/h3-8H,9H2,1-2H3/b15-8-. The van der Waals surface area contributed by atoms with Crippen LogP contribution < -0.4 is 0 Å². The number of ether oxygens (including phenoxy) is 1. The summed E-state index contributed by atoms with van der Waals surface area (Å²) in [4.78, 5) is 36.6. The SMILES string of the molecule is COC(=O)CN1C(=O)S/C(=C\c2ccc(-c3ccc(C)cc3Br)o2)C1=O. The van der Waals surface area contributed by atoms with Crippen LogP contribution >= 0.6 is 27.7 Å². The first-order valence-corrected chi connectivity index (χ1v) is 9.18. The predicted molar refractivity (Wildman–Crippen MR) is 101 cm³/mol. The highest BCUT2D eigenvalue weighted by Crippen LogP contribution is 2.34. The number of nitrogens with zero attached hydrogens (tertiary/aromatic N) is 1. The molecule has 0 atom stereocenters. The Kier molecular flexibility index (Phi) is 5.33. The molecule has 0 N–H and O–H groups in total. The minimum absolute atomic E-state index is 0.197. The quantitative estimate of drug-likeness (QED) is 0.528. The third kappa shape index (κ3) is 3.76. The third-order valence-electron chi connectivity index (χ3n) is 3.68. The Morgan fingerprint density at radius 3 is 2.77 bits per heavy atom. The van der Waals surface area contributed by atoms with Crippen LogP contribution in [0.2, 0.25) is 0 Å². The number of halogens is 1.